The third kappa shape index (κ3) is 2.64. The first-order valence-electron chi connectivity index (χ1n) is 6.85. The van der Waals surface area contributed by atoms with E-state index in [0.29, 0.717) is 24.8 Å². The fraction of sp³-hybridized carbons (Fsp3) is 0.429. The Bertz CT molecular complexity index is 634. The lowest BCUT2D eigenvalue weighted by Crippen LogP contribution is -2.37. The van der Waals surface area contributed by atoms with Crippen LogP contribution in [-0.2, 0) is 11.8 Å². The number of aryl methyl sites for hydroxylation is 1. The fourth-order valence-electron chi connectivity index (χ4n) is 2.46. The van der Waals surface area contributed by atoms with E-state index in [2.05, 4.69) is 15.0 Å². The molecule has 3 heterocycles. The molecule has 1 saturated heterocycles. The van der Waals surface area contributed by atoms with Gasteiger partial charge in [-0.1, -0.05) is 0 Å². The van der Waals surface area contributed by atoms with E-state index in [-0.39, 0.29) is 0 Å². The molecule has 7 nitrogen and oxygen atoms in total. The Morgan fingerprint density at radius 1 is 1.33 bits per heavy atom. The maximum absolute atomic E-state index is 6.02. The van der Waals surface area contributed by atoms with E-state index in [0.717, 1.165) is 30.0 Å². The number of anilines is 2. The summed E-state index contributed by atoms with van der Waals surface area (Å²) in [7, 11) is 3.46. The second-order valence-corrected chi connectivity index (χ2v) is 4.96. The van der Waals surface area contributed by atoms with Crippen molar-refractivity contribution in [2.75, 3.05) is 44.0 Å². The van der Waals surface area contributed by atoms with Crippen LogP contribution in [0.4, 0.5) is 11.5 Å². The molecule has 2 N–H and O–H groups in total. The van der Waals surface area contributed by atoms with E-state index in [1.165, 1.54) is 0 Å². The Balaban J connectivity index is 2.09. The van der Waals surface area contributed by atoms with Gasteiger partial charge in [0.1, 0.15) is 5.82 Å². The first-order valence-corrected chi connectivity index (χ1v) is 6.85. The zero-order valence-electron chi connectivity index (χ0n) is 12.2. The van der Waals surface area contributed by atoms with Crippen LogP contribution < -0.4 is 15.4 Å². The van der Waals surface area contributed by atoms with Crippen molar-refractivity contribution in [3.05, 3.63) is 18.5 Å². The molecule has 21 heavy (non-hydrogen) atoms. The Hall–Kier alpha value is -2.28. The zero-order valence-corrected chi connectivity index (χ0v) is 12.2. The molecule has 0 saturated carbocycles. The van der Waals surface area contributed by atoms with Gasteiger partial charge in [0.05, 0.1) is 32.2 Å². The molecule has 0 radical (unpaired) electrons. The molecular formula is C14H19N5O2. The summed E-state index contributed by atoms with van der Waals surface area (Å²) in [6.07, 6.45) is 3.76. The van der Waals surface area contributed by atoms with E-state index in [1.807, 2.05) is 25.5 Å². The number of morpholine rings is 1. The number of hydrogen-bond donors (Lipinski definition) is 1. The molecule has 1 aliphatic rings. The van der Waals surface area contributed by atoms with Crippen molar-refractivity contribution < 1.29 is 9.47 Å². The van der Waals surface area contributed by atoms with Gasteiger partial charge in [0.25, 0.3) is 0 Å². The van der Waals surface area contributed by atoms with Crippen molar-refractivity contribution in [1.29, 1.82) is 0 Å². The summed E-state index contributed by atoms with van der Waals surface area (Å²) < 4.78 is 12.4. The number of aromatic nitrogens is 3. The lowest BCUT2D eigenvalue weighted by atomic mass is 10.1. The predicted octanol–water partition coefficient (Wildman–Crippen LogP) is 0.909. The molecule has 0 aromatic carbocycles. The van der Waals surface area contributed by atoms with Gasteiger partial charge in [0, 0.05) is 37.5 Å². The average molecular weight is 289 g/mol. The molecule has 0 spiro atoms. The molecule has 7 heteroatoms. The van der Waals surface area contributed by atoms with Gasteiger partial charge in [0.2, 0.25) is 5.88 Å². The molecule has 1 fully saturated rings. The van der Waals surface area contributed by atoms with Crippen LogP contribution in [0.5, 0.6) is 5.88 Å². The zero-order chi connectivity index (χ0) is 14.8. The minimum Gasteiger partial charge on any atom is -0.479 e. The van der Waals surface area contributed by atoms with Crippen LogP contribution >= 0.6 is 0 Å². The summed E-state index contributed by atoms with van der Waals surface area (Å²) in [5.74, 6) is 1.31. The highest BCUT2D eigenvalue weighted by molar-refractivity contribution is 5.79. The summed E-state index contributed by atoms with van der Waals surface area (Å²) in [5.41, 5.74) is 8.49. The number of rotatable bonds is 3. The van der Waals surface area contributed by atoms with Crippen molar-refractivity contribution in [3.63, 3.8) is 0 Å². The van der Waals surface area contributed by atoms with Crippen LogP contribution in [0.1, 0.15) is 0 Å². The first kappa shape index (κ1) is 13.7. The van der Waals surface area contributed by atoms with Gasteiger partial charge in [-0.3, -0.25) is 4.68 Å². The van der Waals surface area contributed by atoms with Crippen LogP contribution in [0.3, 0.4) is 0 Å². The topological polar surface area (TPSA) is 78.4 Å². The number of methoxy groups -OCH3 is 1. The number of nitrogens with zero attached hydrogens (tertiary/aromatic N) is 4. The minimum atomic E-state index is 0.448. The van der Waals surface area contributed by atoms with Gasteiger partial charge >= 0.3 is 0 Å². The van der Waals surface area contributed by atoms with Gasteiger partial charge in [-0.2, -0.15) is 10.1 Å². The van der Waals surface area contributed by atoms with Gasteiger partial charge in [-0.25, -0.2) is 0 Å². The van der Waals surface area contributed by atoms with Crippen molar-refractivity contribution in [1.82, 2.24) is 14.8 Å². The summed E-state index contributed by atoms with van der Waals surface area (Å²) >= 11 is 0. The number of hydrogen-bond acceptors (Lipinski definition) is 6. The normalized spacial score (nSPS) is 15.2. The highest BCUT2D eigenvalue weighted by Crippen LogP contribution is 2.35. The third-order valence-corrected chi connectivity index (χ3v) is 3.51. The molecule has 0 aliphatic carbocycles. The van der Waals surface area contributed by atoms with Crippen molar-refractivity contribution >= 4 is 11.5 Å². The second-order valence-electron chi connectivity index (χ2n) is 4.96. The maximum Gasteiger partial charge on any atom is 0.238 e. The van der Waals surface area contributed by atoms with Crippen molar-refractivity contribution in [2.45, 2.75) is 0 Å². The second kappa shape index (κ2) is 5.61. The van der Waals surface area contributed by atoms with Crippen LogP contribution in [0, 0.1) is 0 Å². The smallest absolute Gasteiger partial charge is 0.238 e. The van der Waals surface area contributed by atoms with Crippen LogP contribution in [0.25, 0.3) is 11.1 Å². The lowest BCUT2D eigenvalue weighted by Gasteiger charge is -2.29. The monoisotopic (exact) mass is 289 g/mol. The van der Waals surface area contributed by atoms with Crippen molar-refractivity contribution in [3.8, 4) is 17.0 Å². The maximum atomic E-state index is 6.02. The molecule has 3 rings (SSSR count). The Labute approximate surface area is 123 Å². The largest absolute Gasteiger partial charge is 0.479 e. The van der Waals surface area contributed by atoms with Crippen LogP contribution in [0.15, 0.2) is 18.5 Å². The SMILES string of the molecule is COc1nc(N2CCOCC2)c(-c2cnn(C)c2)cc1N. The number of nitrogen functional groups attached to an aromatic ring is 1. The van der Waals surface area contributed by atoms with E-state index in [4.69, 9.17) is 15.2 Å². The number of pyridine rings is 1. The molecular weight excluding hydrogens is 270 g/mol. The highest BCUT2D eigenvalue weighted by atomic mass is 16.5. The van der Waals surface area contributed by atoms with E-state index in [1.54, 1.807) is 11.8 Å². The summed E-state index contributed by atoms with van der Waals surface area (Å²) in [6.45, 7) is 2.99. The summed E-state index contributed by atoms with van der Waals surface area (Å²) in [5, 5.41) is 4.23. The molecule has 2 aromatic rings. The molecule has 0 bridgehead atoms. The minimum absolute atomic E-state index is 0.448. The number of ether oxygens (including phenoxy) is 2. The summed E-state index contributed by atoms with van der Waals surface area (Å²) in [6, 6.07) is 1.90. The average Bonchev–Trinajstić information content (AvgIpc) is 2.94. The first-order chi connectivity index (χ1) is 10.2. The van der Waals surface area contributed by atoms with E-state index >= 15 is 0 Å². The Morgan fingerprint density at radius 3 is 2.71 bits per heavy atom. The number of nitrogens with two attached hydrogens (primary N) is 1. The quantitative estimate of drug-likeness (QED) is 0.905. The molecule has 0 atom stereocenters. The molecule has 112 valence electrons. The third-order valence-electron chi connectivity index (χ3n) is 3.51. The highest BCUT2D eigenvalue weighted by Gasteiger charge is 2.20. The molecule has 1 aliphatic heterocycles. The van der Waals surface area contributed by atoms with Crippen LogP contribution in [-0.4, -0.2) is 48.2 Å². The van der Waals surface area contributed by atoms with Crippen LogP contribution in [0.2, 0.25) is 0 Å². The Morgan fingerprint density at radius 2 is 2.10 bits per heavy atom. The lowest BCUT2D eigenvalue weighted by molar-refractivity contribution is 0.122. The van der Waals surface area contributed by atoms with Gasteiger partial charge in [0.15, 0.2) is 0 Å². The Kier molecular flexibility index (Phi) is 3.66. The fourth-order valence-corrected chi connectivity index (χ4v) is 2.46. The standard InChI is InChI=1S/C14H19N5O2/c1-18-9-10(8-16-18)11-7-12(15)14(20-2)17-13(11)19-3-5-21-6-4-19/h7-9H,3-6,15H2,1-2H3. The van der Waals surface area contributed by atoms with E-state index in [9.17, 15) is 0 Å². The van der Waals surface area contributed by atoms with Crippen molar-refractivity contribution in [2.24, 2.45) is 7.05 Å². The van der Waals surface area contributed by atoms with Gasteiger partial charge < -0.3 is 20.1 Å². The molecule has 0 unspecified atom stereocenters. The molecule has 2 aromatic heterocycles. The van der Waals surface area contributed by atoms with Gasteiger partial charge in [-0.05, 0) is 6.07 Å². The molecule has 0 amide bonds. The predicted molar refractivity (Wildman–Crippen MR) is 80.4 cm³/mol. The van der Waals surface area contributed by atoms with Gasteiger partial charge in [-0.15, -0.1) is 0 Å². The summed E-state index contributed by atoms with van der Waals surface area (Å²) in [4.78, 5) is 6.77. The van der Waals surface area contributed by atoms with E-state index < -0.39 is 0 Å².